The standard InChI is InChI=1S/C25H33N3O3/c1-27(18-19-8-5-4-6-9-19)17-7-16-26-25(30)22-14-15-23(29)28(2)24(22)20-10-12-21(31-3)13-11-20/h4-6,8-13,22,24H,7,14-18H2,1-3H3,(H,26,30). The van der Waals surface area contributed by atoms with Crippen LogP contribution in [-0.4, -0.2) is 55.9 Å². The summed E-state index contributed by atoms with van der Waals surface area (Å²) in [5.41, 5.74) is 2.24. The Hall–Kier alpha value is -2.86. The second kappa shape index (κ2) is 11.0. The Kier molecular flexibility index (Phi) is 8.06. The highest BCUT2D eigenvalue weighted by molar-refractivity contribution is 5.84. The smallest absolute Gasteiger partial charge is 0.225 e. The number of rotatable bonds is 9. The van der Waals surface area contributed by atoms with Crippen molar-refractivity contribution in [2.45, 2.75) is 31.8 Å². The van der Waals surface area contributed by atoms with E-state index in [1.807, 2.05) is 30.3 Å². The van der Waals surface area contributed by atoms with E-state index >= 15 is 0 Å². The fourth-order valence-electron chi connectivity index (χ4n) is 4.24. The molecule has 2 aromatic rings. The van der Waals surface area contributed by atoms with Crippen LogP contribution in [0.25, 0.3) is 0 Å². The van der Waals surface area contributed by atoms with E-state index in [1.54, 1.807) is 19.1 Å². The molecule has 0 radical (unpaired) electrons. The average Bonchev–Trinajstić information content (AvgIpc) is 2.79. The van der Waals surface area contributed by atoms with Gasteiger partial charge in [0.15, 0.2) is 0 Å². The van der Waals surface area contributed by atoms with Crippen LogP contribution in [0, 0.1) is 5.92 Å². The van der Waals surface area contributed by atoms with Gasteiger partial charge >= 0.3 is 0 Å². The summed E-state index contributed by atoms with van der Waals surface area (Å²) in [6, 6.07) is 17.7. The maximum Gasteiger partial charge on any atom is 0.225 e. The van der Waals surface area contributed by atoms with Crippen molar-refractivity contribution in [1.29, 1.82) is 0 Å². The van der Waals surface area contributed by atoms with Crippen LogP contribution in [0.15, 0.2) is 54.6 Å². The summed E-state index contributed by atoms with van der Waals surface area (Å²) in [4.78, 5) is 29.3. The molecular formula is C25H33N3O3. The number of nitrogens with zero attached hydrogens (tertiary/aromatic N) is 2. The number of amides is 2. The number of hydrogen-bond donors (Lipinski definition) is 1. The number of benzene rings is 2. The van der Waals surface area contributed by atoms with Gasteiger partial charge < -0.3 is 19.9 Å². The summed E-state index contributed by atoms with van der Waals surface area (Å²) in [5, 5.41) is 3.10. The van der Waals surface area contributed by atoms with Crippen LogP contribution >= 0.6 is 0 Å². The summed E-state index contributed by atoms with van der Waals surface area (Å²) in [7, 11) is 5.50. The lowest BCUT2D eigenvalue weighted by atomic mass is 9.84. The zero-order valence-electron chi connectivity index (χ0n) is 18.7. The fraction of sp³-hybridized carbons (Fsp3) is 0.440. The molecule has 6 heteroatoms. The van der Waals surface area contributed by atoms with Crippen molar-refractivity contribution in [3.63, 3.8) is 0 Å². The second-order valence-electron chi connectivity index (χ2n) is 8.24. The SMILES string of the molecule is COc1ccc(C2C(C(=O)NCCCN(C)Cc3ccccc3)CCC(=O)N2C)cc1. The van der Waals surface area contributed by atoms with Crippen molar-refractivity contribution in [3.05, 3.63) is 65.7 Å². The van der Waals surface area contributed by atoms with Gasteiger partial charge in [-0.05, 0) is 49.7 Å². The molecule has 1 aliphatic rings. The maximum atomic E-state index is 13.0. The van der Waals surface area contributed by atoms with Crippen molar-refractivity contribution in [1.82, 2.24) is 15.1 Å². The molecule has 2 aromatic carbocycles. The van der Waals surface area contributed by atoms with Gasteiger partial charge in [-0.15, -0.1) is 0 Å². The lowest BCUT2D eigenvalue weighted by Crippen LogP contribution is -2.46. The highest BCUT2D eigenvalue weighted by atomic mass is 16.5. The molecule has 2 unspecified atom stereocenters. The monoisotopic (exact) mass is 423 g/mol. The maximum absolute atomic E-state index is 13.0. The number of methoxy groups -OCH3 is 1. The van der Waals surface area contributed by atoms with Crippen LogP contribution in [0.3, 0.4) is 0 Å². The van der Waals surface area contributed by atoms with Crippen LogP contribution in [0.2, 0.25) is 0 Å². The number of ether oxygens (including phenoxy) is 1. The van der Waals surface area contributed by atoms with Crippen LogP contribution in [0.4, 0.5) is 0 Å². The molecule has 0 bridgehead atoms. The molecule has 1 aliphatic heterocycles. The molecule has 0 saturated carbocycles. The number of nitrogens with one attached hydrogen (secondary N) is 1. The topological polar surface area (TPSA) is 61.9 Å². The molecule has 6 nitrogen and oxygen atoms in total. The van der Waals surface area contributed by atoms with Gasteiger partial charge in [0.05, 0.1) is 19.1 Å². The Morgan fingerprint density at radius 2 is 1.87 bits per heavy atom. The minimum absolute atomic E-state index is 0.0193. The van der Waals surface area contributed by atoms with Gasteiger partial charge in [-0.3, -0.25) is 9.59 Å². The molecule has 1 N–H and O–H groups in total. The quantitative estimate of drug-likeness (QED) is 0.629. The Labute approximate surface area is 185 Å². The molecule has 2 amide bonds. The van der Waals surface area contributed by atoms with Gasteiger partial charge in [-0.1, -0.05) is 42.5 Å². The number of carbonyl (C=O) groups excluding carboxylic acids is 2. The van der Waals surface area contributed by atoms with Crippen LogP contribution < -0.4 is 10.1 Å². The number of likely N-dealkylation sites (tertiary alicyclic amines) is 1. The van der Waals surface area contributed by atoms with Gasteiger partial charge in [-0.25, -0.2) is 0 Å². The predicted molar refractivity (Wildman–Crippen MR) is 122 cm³/mol. The summed E-state index contributed by atoms with van der Waals surface area (Å²) < 4.78 is 5.24. The first-order valence-corrected chi connectivity index (χ1v) is 10.9. The highest BCUT2D eigenvalue weighted by Gasteiger charge is 2.38. The van der Waals surface area contributed by atoms with Crippen molar-refractivity contribution in [3.8, 4) is 5.75 Å². The average molecular weight is 424 g/mol. The van der Waals surface area contributed by atoms with E-state index in [4.69, 9.17) is 4.74 Å². The van der Waals surface area contributed by atoms with Gasteiger partial charge in [0.2, 0.25) is 11.8 Å². The molecule has 31 heavy (non-hydrogen) atoms. The largest absolute Gasteiger partial charge is 0.497 e. The molecule has 0 aliphatic carbocycles. The van der Waals surface area contributed by atoms with Gasteiger partial charge in [0, 0.05) is 26.6 Å². The number of piperidine rings is 1. The first-order valence-electron chi connectivity index (χ1n) is 10.9. The van der Waals surface area contributed by atoms with Crippen molar-refractivity contribution < 1.29 is 14.3 Å². The molecule has 1 saturated heterocycles. The molecule has 3 rings (SSSR count). The van der Waals surface area contributed by atoms with E-state index in [-0.39, 0.29) is 23.8 Å². The first-order chi connectivity index (χ1) is 15.0. The van der Waals surface area contributed by atoms with E-state index in [9.17, 15) is 9.59 Å². The van der Waals surface area contributed by atoms with Crippen molar-refractivity contribution in [2.75, 3.05) is 34.3 Å². The Morgan fingerprint density at radius 1 is 1.16 bits per heavy atom. The van der Waals surface area contributed by atoms with Crippen LogP contribution in [0.1, 0.15) is 36.4 Å². The zero-order chi connectivity index (χ0) is 22.2. The summed E-state index contributed by atoms with van der Waals surface area (Å²) in [6.07, 6.45) is 1.85. The molecule has 2 atom stereocenters. The normalized spacial score (nSPS) is 18.8. The lowest BCUT2D eigenvalue weighted by Gasteiger charge is -2.38. The predicted octanol–water partition coefficient (Wildman–Crippen LogP) is 3.24. The van der Waals surface area contributed by atoms with Crippen LogP contribution in [0.5, 0.6) is 5.75 Å². The third-order valence-corrected chi connectivity index (χ3v) is 5.97. The third-order valence-electron chi connectivity index (χ3n) is 5.97. The minimum atomic E-state index is -0.257. The minimum Gasteiger partial charge on any atom is -0.497 e. The summed E-state index contributed by atoms with van der Waals surface area (Å²) in [6.45, 7) is 2.42. The molecule has 1 fully saturated rings. The highest BCUT2D eigenvalue weighted by Crippen LogP contribution is 2.36. The van der Waals surface area contributed by atoms with E-state index in [1.165, 1.54) is 5.56 Å². The lowest BCUT2D eigenvalue weighted by molar-refractivity contribution is -0.141. The zero-order valence-corrected chi connectivity index (χ0v) is 18.7. The van der Waals surface area contributed by atoms with Gasteiger partial charge in [0.1, 0.15) is 5.75 Å². The molecule has 166 valence electrons. The fourth-order valence-corrected chi connectivity index (χ4v) is 4.24. The van der Waals surface area contributed by atoms with Crippen LogP contribution in [-0.2, 0) is 16.1 Å². The van der Waals surface area contributed by atoms with E-state index < -0.39 is 0 Å². The van der Waals surface area contributed by atoms with E-state index in [0.29, 0.717) is 19.4 Å². The Morgan fingerprint density at radius 3 is 2.55 bits per heavy atom. The van der Waals surface area contributed by atoms with Crippen molar-refractivity contribution >= 4 is 11.8 Å². The first kappa shape index (κ1) is 22.8. The summed E-state index contributed by atoms with van der Waals surface area (Å²) in [5.74, 6) is 0.602. The third kappa shape index (κ3) is 6.07. The summed E-state index contributed by atoms with van der Waals surface area (Å²) >= 11 is 0. The molecule has 1 heterocycles. The molecule has 0 aromatic heterocycles. The number of carbonyl (C=O) groups is 2. The Bertz CT molecular complexity index is 854. The second-order valence-corrected chi connectivity index (χ2v) is 8.24. The van der Waals surface area contributed by atoms with Crippen molar-refractivity contribution in [2.24, 2.45) is 5.92 Å². The van der Waals surface area contributed by atoms with E-state index in [2.05, 4.69) is 41.5 Å². The van der Waals surface area contributed by atoms with Gasteiger partial charge in [0.25, 0.3) is 0 Å². The molecular weight excluding hydrogens is 390 g/mol. The van der Waals surface area contributed by atoms with Gasteiger partial charge in [-0.2, -0.15) is 0 Å². The van der Waals surface area contributed by atoms with E-state index in [0.717, 1.165) is 30.8 Å². The Balaban J connectivity index is 1.54. The molecule has 0 spiro atoms. The number of hydrogen-bond acceptors (Lipinski definition) is 4.